The van der Waals surface area contributed by atoms with Crippen molar-refractivity contribution in [3.8, 4) is 5.69 Å². The summed E-state index contributed by atoms with van der Waals surface area (Å²) in [5.74, 6) is -0.436. The molecule has 0 radical (unpaired) electrons. The highest BCUT2D eigenvalue weighted by Crippen LogP contribution is 2.32. The molecule has 4 rings (SSSR count). The number of esters is 1. The summed E-state index contributed by atoms with van der Waals surface area (Å²) in [5.41, 5.74) is 2.34. The van der Waals surface area contributed by atoms with E-state index in [1.54, 1.807) is 18.7 Å². The van der Waals surface area contributed by atoms with E-state index in [9.17, 15) is 14.4 Å². The number of carbonyl (C=O) groups excluding carboxylic acids is 2. The number of fused-ring (bicyclic) bond motifs is 1. The van der Waals surface area contributed by atoms with Crippen molar-refractivity contribution in [3.63, 3.8) is 0 Å². The number of para-hydroxylation sites is 1. The van der Waals surface area contributed by atoms with Gasteiger partial charge in [-0.15, -0.1) is 11.3 Å². The molecule has 162 valence electrons. The Kier molecular flexibility index (Phi) is 5.82. The molecule has 31 heavy (non-hydrogen) atoms. The molecule has 0 bridgehead atoms. The standard InChI is InChI=1S/C23H25N3O4S/c1-14-9-10-18-16(11-14)12-19(31-18)23(29)30-13-20(27)24-21-15(2)25(3)26(22(21)28)17-7-5-4-6-8-17/h4-8,12,14H,9-11,13H2,1-3H3,(H,24,27). The van der Waals surface area contributed by atoms with Gasteiger partial charge < -0.3 is 10.1 Å². The number of hydrogen-bond donors (Lipinski definition) is 1. The van der Waals surface area contributed by atoms with Gasteiger partial charge in [0.15, 0.2) is 6.61 Å². The molecule has 1 unspecified atom stereocenters. The second kappa shape index (κ2) is 8.55. The highest BCUT2D eigenvalue weighted by atomic mass is 32.1. The summed E-state index contributed by atoms with van der Waals surface area (Å²) in [6, 6.07) is 11.1. The third kappa shape index (κ3) is 4.20. The van der Waals surface area contributed by atoms with Gasteiger partial charge in [0.25, 0.3) is 11.5 Å². The van der Waals surface area contributed by atoms with Crippen LogP contribution >= 0.6 is 11.3 Å². The van der Waals surface area contributed by atoms with Crippen molar-refractivity contribution in [1.82, 2.24) is 9.36 Å². The number of amides is 1. The molecule has 0 saturated carbocycles. The maximum absolute atomic E-state index is 12.9. The first kappa shape index (κ1) is 21.1. The Hall–Kier alpha value is -3.13. The molecular formula is C23H25N3O4S. The lowest BCUT2D eigenvalue weighted by molar-refractivity contribution is -0.119. The molecule has 2 aromatic heterocycles. The van der Waals surface area contributed by atoms with E-state index in [-0.39, 0.29) is 11.2 Å². The van der Waals surface area contributed by atoms with Crippen LogP contribution in [0.4, 0.5) is 5.69 Å². The van der Waals surface area contributed by atoms with Crippen molar-refractivity contribution in [2.24, 2.45) is 13.0 Å². The van der Waals surface area contributed by atoms with Crippen molar-refractivity contribution in [3.05, 3.63) is 67.8 Å². The number of rotatable bonds is 5. The zero-order valence-electron chi connectivity index (χ0n) is 17.8. The number of ether oxygens (including phenoxy) is 1. The molecule has 0 spiro atoms. The first-order valence-corrected chi connectivity index (χ1v) is 11.1. The summed E-state index contributed by atoms with van der Waals surface area (Å²) >= 11 is 1.45. The molecule has 1 atom stereocenters. The van der Waals surface area contributed by atoms with E-state index in [2.05, 4.69) is 12.2 Å². The first-order valence-electron chi connectivity index (χ1n) is 10.3. The topological polar surface area (TPSA) is 82.3 Å². The summed E-state index contributed by atoms with van der Waals surface area (Å²) in [6.45, 7) is 3.51. The maximum atomic E-state index is 12.9. The van der Waals surface area contributed by atoms with Gasteiger partial charge in [-0.05, 0) is 55.9 Å². The Bertz CT molecular complexity index is 1190. The van der Waals surface area contributed by atoms with Crippen LogP contribution in [0.1, 0.15) is 39.2 Å². The lowest BCUT2D eigenvalue weighted by atomic mass is 9.90. The van der Waals surface area contributed by atoms with Gasteiger partial charge in [0.05, 0.1) is 11.4 Å². The van der Waals surface area contributed by atoms with Gasteiger partial charge in [0.1, 0.15) is 10.6 Å². The molecule has 1 aliphatic rings. The fraction of sp³-hybridized carbons (Fsp3) is 0.348. The van der Waals surface area contributed by atoms with Gasteiger partial charge >= 0.3 is 5.97 Å². The molecule has 0 fully saturated rings. The Morgan fingerprint density at radius 3 is 2.74 bits per heavy atom. The highest BCUT2D eigenvalue weighted by molar-refractivity contribution is 7.14. The Morgan fingerprint density at radius 1 is 1.26 bits per heavy atom. The molecule has 8 heteroatoms. The van der Waals surface area contributed by atoms with Crippen molar-refractivity contribution < 1.29 is 14.3 Å². The number of nitrogens with zero attached hydrogens (tertiary/aromatic N) is 2. The predicted molar refractivity (Wildman–Crippen MR) is 120 cm³/mol. The van der Waals surface area contributed by atoms with Crippen LogP contribution in [-0.2, 0) is 29.4 Å². The van der Waals surface area contributed by atoms with Crippen LogP contribution in [0.15, 0.2) is 41.2 Å². The van der Waals surface area contributed by atoms with Gasteiger partial charge in [0.2, 0.25) is 0 Å². The summed E-state index contributed by atoms with van der Waals surface area (Å²) in [4.78, 5) is 39.4. The molecular weight excluding hydrogens is 414 g/mol. The normalized spacial score (nSPS) is 15.4. The van der Waals surface area contributed by atoms with Crippen LogP contribution in [0, 0.1) is 12.8 Å². The number of aryl methyl sites for hydroxylation is 1. The van der Waals surface area contributed by atoms with E-state index in [0.29, 0.717) is 22.2 Å². The van der Waals surface area contributed by atoms with Gasteiger partial charge in [-0.3, -0.25) is 14.3 Å². The number of hydrogen-bond acceptors (Lipinski definition) is 5. The van der Waals surface area contributed by atoms with Crippen molar-refractivity contribution in [2.45, 2.75) is 33.1 Å². The van der Waals surface area contributed by atoms with E-state index < -0.39 is 18.5 Å². The van der Waals surface area contributed by atoms with Crippen LogP contribution < -0.4 is 10.9 Å². The van der Waals surface area contributed by atoms with E-state index in [4.69, 9.17) is 4.74 Å². The molecule has 0 aliphatic heterocycles. The van der Waals surface area contributed by atoms with Crippen molar-refractivity contribution in [1.29, 1.82) is 0 Å². The number of nitrogens with one attached hydrogen (secondary N) is 1. The average molecular weight is 440 g/mol. The molecule has 1 aromatic carbocycles. The fourth-order valence-corrected chi connectivity index (χ4v) is 5.00. The molecule has 1 aliphatic carbocycles. The van der Waals surface area contributed by atoms with E-state index in [0.717, 1.165) is 19.3 Å². The fourth-order valence-electron chi connectivity index (χ4n) is 3.90. The largest absolute Gasteiger partial charge is 0.451 e. The molecule has 1 N–H and O–H groups in total. The van der Waals surface area contributed by atoms with E-state index in [1.165, 1.54) is 26.5 Å². The third-order valence-corrected chi connectivity index (χ3v) is 6.90. The van der Waals surface area contributed by atoms with Crippen LogP contribution in [-0.4, -0.2) is 27.8 Å². The van der Waals surface area contributed by atoms with Gasteiger partial charge in [0, 0.05) is 11.9 Å². The first-order chi connectivity index (χ1) is 14.8. The second-order valence-corrected chi connectivity index (χ2v) is 9.10. The van der Waals surface area contributed by atoms with Crippen LogP contribution in [0.3, 0.4) is 0 Å². The number of benzene rings is 1. The van der Waals surface area contributed by atoms with Crippen molar-refractivity contribution >= 4 is 28.9 Å². The number of aromatic nitrogens is 2. The Morgan fingerprint density at radius 2 is 2.00 bits per heavy atom. The third-order valence-electron chi connectivity index (χ3n) is 5.68. The highest BCUT2D eigenvalue weighted by Gasteiger charge is 2.23. The van der Waals surface area contributed by atoms with Gasteiger partial charge in [-0.2, -0.15) is 0 Å². The van der Waals surface area contributed by atoms with Gasteiger partial charge in [-0.1, -0.05) is 25.1 Å². The van der Waals surface area contributed by atoms with E-state index >= 15 is 0 Å². The van der Waals surface area contributed by atoms with Crippen LogP contribution in [0.5, 0.6) is 0 Å². The molecule has 7 nitrogen and oxygen atoms in total. The summed E-state index contributed by atoms with van der Waals surface area (Å²) in [6.07, 6.45) is 3.08. The zero-order chi connectivity index (χ0) is 22.1. The second-order valence-electron chi connectivity index (χ2n) is 7.97. The smallest absolute Gasteiger partial charge is 0.348 e. The Balaban J connectivity index is 1.43. The van der Waals surface area contributed by atoms with E-state index in [1.807, 2.05) is 36.4 Å². The van der Waals surface area contributed by atoms with Crippen LogP contribution in [0.25, 0.3) is 5.69 Å². The average Bonchev–Trinajstić information content (AvgIpc) is 3.27. The van der Waals surface area contributed by atoms with Gasteiger partial charge in [-0.25, -0.2) is 9.48 Å². The number of thiophene rings is 1. The molecule has 2 heterocycles. The molecule has 0 saturated heterocycles. The summed E-state index contributed by atoms with van der Waals surface area (Å²) in [5, 5.41) is 2.60. The minimum atomic E-state index is -0.547. The Labute approximate surface area is 184 Å². The minimum absolute atomic E-state index is 0.174. The quantitative estimate of drug-likeness (QED) is 0.617. The summed E-state index contributed by atoms with van der Waals surface area (Å²) < 4.78 is 8.37. The lowest BCUT2D eigenvalue weighted by Gasteiger charge is -2.16. The predicted octanol–water partition coefficient (Wildman–Crippen LogP) is 3.47. The van der Waals surface area contributed by atoms with Crippen molar-refractivity contribution in [2.75, 3.05) is 11.9 Å². The summed E-state index contributed by atoms with van der Waals surface area (Å²) in [7, 11) is 1.75. The minimum Gasteiger partial charge on any atom is -0.451 e. The number of anilines is 1. The lowest BCUT2D eigenvalue weighted by Crippen LogP contribution is -2.25. The van der Waals surface area contributed by atoms with Crippen LogP contribution in [0.2, 0.25) is 0 Å². The zero-order valence-corrected chi connectivity index (χ0v) is 18.6. The molecule has 1 amide bonds. The monoisotopic (exact) mass is 439 g/mol. The molecule has 3 aromatic rings. The maximum Gasteiger partial charge on any atom is 0.348 e. The number of carbonyl (C=O) groups is 2. The SMILES string of the molecule is Cc1c(NC(=O)COC(=O)c2cc3c(s2)CCC(C)C3)c(=O)n(-c2ccccc2)n1C.